The molecule has 0 heterocycles. The van der Waals surface area contributed by atoms with Gasteiger partial charge in [-0.15, -0.1) is 0 Å². The molecule has 2 heteroatoms. The van der Waals surface area contributed by atoms with Gasteiger partial charge in [0, 0.05) is 0 Å². The molecule has 0 amide bonds. The summed E-state index contributed by atoms with van der Waals surface area (Å²) in [6.07, 6.45) is 2.30. The van der Waals surface area contributed by atoms with E-state index >= 15 is 0 Å². The summed E-state index contributed by atoms with van der Waals surface area (Å²) in [5, 5.41) is 0. The third-order valence-corrected chi connectivity index (χ3v) is 4.18. The van der Waals surface area contributed by atoms with Crippen LogP contribution < -0.4 is 0 Å². The molecule has 144 valence electrons. The van der Waals surface area contributed by atoms with Gasteiger partial charge in [0.15, 0.2) is 0 Å². The van der Waals surface area contributed by atoms with Gasteiger partial charge in [0.05, 0.1) is 0 Å². The van der Waals surface area contributed by atoms with E-state index in [0.717, 1.165) is 12.8 Å². The fourth-order valence-electron chi connectivity index (χ4n) is 2.36. The van der Waals surface area contributed by atoms with E-state index in [1.807, 2.05) is 0 Å². The molecule has 0 aromatic heterocycles. The molecule has 0 fully saturated rings. The zero-order valence-corrected chi connectivity index (χ0v) is 22.3. The molecule has 0 saturated heterocycles. The molecule has 0 bridgehead atoms. The maximum absolute atomic E-state index is 2.31. The average molecular weight is 448 g/mol. The first-order valence-electron chi connectivity index (χ1n) is 9.85. The van der Waals surface area contributed by atoms with E-state index in [0.29, 0.717) is 10.8 Å². The summed E-state index contributed by atoms with van der Waals surface area (Å²) in [6, 6.07) is 13.5. The molecule has 2 aromatic carbocycles. The molecule has 0 radical (unpaired) electrons. The van der Waals surface area contributed by atoms with Crippen LogP contribution in [0.5, 0.6) is 0 Å². The topological polar surface area (TPSA) is 0 Å². The number of hydrogen-bond acceptors (Lipinski definition) is 0. The second-order valence-electron chi connectivity index (χ2n) is 9.22. The molecule has 0 unspecified atom stereocenters. The third kappa shape index (κ3) is 10.8. The van der Waals surface area contributed by atoms with Crippen LogP contribution in [-0.2, 0) is 47.0 Å². The Kier molecular flexibility index (Phi) is 11.5. The minimum absolute atomic E-state index is 0.210. The first kappa shape index (κ1) is 25.8. The van der Waals surface area contributed by atoms with Crippen LogP contribution in [-0.4, -0.2) is 5.43 Å². The molecule has 2 rings (SSSR count). The molecule has 0 aliphatic carbocycles. The van der Waals surface area contributed by atoms with Gasteiger partial charge >= 0.3 is 41.9 Å². The number of hydrogen-bond donors (Lipinski definition) is 0. The summed E-state index contributed by atoms with van der Waals surface area (Å²) in [5.74, 6) is 0. The van der Waals surface area contributed by atoms with E-state index in [-0.39, 0.29) is 5.43 Å². The molecule has 0 N–H and O–H groups in total. The molecular weight excluding hydrogens is 408 g/mol. The number of aryl methyl sites for hydroxylation is 2. The molecule has 0 nitrogen and oxygen atoms in total. The quantitative estimate of drug-likeness (QED) is 0.334. The van der Waals surface area contributed by atoms with Gasteiger partial charge in [-0.25, -0.2) is 12.1 Å². The fraction of sp³-hybridized carbons (Fsp3) is 0.583. The van der Waals surface area contributed by atoms with Gasteiger partial charge in [0.25, 0.3) is 0 Å². The first-order chi connectivity index (χ1) is 11.8. The monoisotopic (exact) mass is 446 g/mol. The van der Waals surface area contributed by atoms with E-state index in [9.17, 15) is 0 Å². The van der Waals surface area contributed by atoms with Gasteiger partial charge < -0.3 is 0 Å². The van der Waals surface area contributed by atoms with E-state index in [1.165, 1.54) is 22.3 Å². The summed E-state index contributed by atoms with van der Waals surface area (Å²) in [6.45, 7) is 22.5. The van der Waals surface area contributed by atoms with Gasteiger partial charge in [-0.2, -0.15) is 46.5 Å². The van der Waals surface area contributed by atoms with Crippen molar-refractivity contribution in [3.05, 3.63) is 58.7 Å². The number of rotatable bonds is 2. The Balaban J connectivity index is 0.000000401. The van der Waals surface area contributed by atoms with Crippen LogP contribution in [0.15, 0.2) is 36.4 Å². The Morgan fingerprint density at radius 2 is 1.04 bits per heavy atom. The van der Waals surface area contributed by atoms with E-state index in [2.05, 4.69) is 105 Å². The Hall–Kier alpha value is -0.200. The maximum atomic E-state index is 2.31. The van der Waals surface area contributed by atoms with Gasteiger partial charge in [-0.05, 0) is 0 Å². The van der Waals surface area contributed by atoms with Crippen LogP contribution in [0.4, 0.5) is 0 Å². The van der Waals surface area contributed by atoms with Crippen molar-refractivity contribution in [2.75, 3.05) is 0 Å². The van der Waals surface area contributed by atoms with E-state index in [4.69, 9.17) is 0 Å². The fourth-order valence-corrected chi connectivity index (χ4v) is 2.36. The zero-order chi connectivity index (χ0) is 20.5. The van der Waals surface area contributed by atoms with Crippen molar-refractivity contribution in [1.82, 2.24) is 0 Å². The Labute approximate surface area is 178 Å². The van der Waals surface area contributed by atoms with Crippen LogP contribution in [0.3, 0.4) is 0 Å². The summed E-state index contributed by atoms with van der Waals surface area (Å²) in [7, 11) is 0. The normalized spacial score (nSPS) is 11.2. The van der Waals surface area contributed by atoms with E-state index < -0.39 is 0 Å². The Morgan fingerprint density at radius 1 is 0.769 bits per heavy atom. The predicted molar refractivity (Wildman–Crippen MR) is 118 cm³/mol. The van der Waals surface area contributed by atoms with Crippen molar-refractivity contribution < 1.29 is 23.3 Å². The standard InChI is InChI=1S/2C11H17.C2H6Si.Zr/c2*1-5-9-6-7-10(8-9)11(2,3)4;1-3-2;/h2*6-8H,5H2,1-4H3;1-2H3;/q2*-1;;+2. The second kappa shape index (κ2) is 11.6. The molecule has 0 aliphatic rings. The van der Waals surface area contributed by atoms with Crippen LogP contribution in [0, 0.1) is 0 Å². The third-order valence-electron chi connectivity index (χ3n) is 4.18. The van der Waals surface area contributed by atoms with Crippen LogP contribution in [0.1, 0.15) is 77.6 Å². The minimum atomic E-state index is 0.210. The van der Waals surface area contributed by atoms with Crippen LogP contribution >= 0.6 is 0 Å². The van der Waals surface area contributed by atoms with E-state index in [1.54, 1.807) is 23.3 Å². The molecular formula is C24H40SiZr. The molecule has 26 heavy (non-hydrogen) atoms. The van der Waals surface area contributed by atoms with Gasteiger partial charge in [0.2, 0.25) is 0 Å². The van der Waals surface area contributed by atoms with Crippen molar-refractivity contribution >= 4 is 5.43 Å². The van der Waals surface area contributed by atoms with Crippen LogP contribution in [0.2, 0.25) is 13.1 Å². The summed E-state index contributed by atoms with van der Waals surface area (Å²) in [5.41, 5.74) is 6.65. The van der Waals surface area contributed by atoms with Crippen molar-refractivity contribution in [3.8, 4) is 0 Å². The van der Waals surface area contributed by atoms with Crippen molar-refractivity contribution in [3.63, 3.8) is 0 Å². The molecule has 2 aromatic rings. The van der Waals surface area contributed by atoms with Gasteiger partial charge in [-0.1, -0.05) is 79.1 Å². The Morgan fingerprint density at radius 3 is 1.15 bits per heavy atom. The summed E-state index contributed by atoms with van der Waals surface area (Å²) >= 11 is 1.74. The first-order valence-corrected chi connectivity index (χ1v) is 16.0. The Bertz CT molecular complexity index is 588. The van der Waals surface area contributed by atoms with Crippen molar-refractivity contribution in [1.29, 1.82) is 0 Å². The molecule has 0 saturated carbocycles. The predicted octanol–water partition coefficient (Wildman–Crippen LogP) is 7.32. The summed E-state index contributed by atoms with van der Waals surface area (Å²) < 4.78 is 0. The van der Waals surface area contributed by atoms with Gasteiger partial charge in [0.1, 0.15) is 0 Å². The average Bonchev–Trinajstić information content (AvgIpc) is 3.15. The van der Waals surface area contributed by atoms with Crippen molar-refractivity contribution in [2.24, 2.45) is 0 Å². The summed E-state index contributed by atoms with van der Waals surface area (Å²) in [4.78, 5) is 0. The zero-order valence-electron chi connectivity index (χ0n) is 18.9. The molecule has 0 atom stereocenters. The van der Waals surface area contributed by atoms with Gasteiger partial charge in [-0.3, -0.25) is 0 Å². The SMILES string of the molecule is CCc1cc(C(C)(C)C)c[cH-]1.CCc1cc(C(C)(C)C)c[cH-]1.C[Si](C)=[Zr+2]. The van der Waals surface area contributed by atoms with Crippen LogP contribution in [0.25, 0.3) is 0 Å². The van der Waals surface area contributed by atoms with Crippen molar-refractivity contribution in [2.45, 2.75) is 92.2 Å². The molecule has 0 spiro atoms. The second-order valence-corrected chi connectivity index (χ2v) is 18.6. The molecule has 0 aliphatic heterocycles.